The Morgan fingerprint density at radius 2 is 1.97 bits per heavy atom. The first-order chi connectivity index (χ1) is 13.7. The fraction of sp³-hybridized carbons (Fsp3) is 0.696. The van der Waals surface area contributed by atoms with Crippen molar-refractivity contribution in [2.45, 2.75) is 84.3 Å². The van der Waals surface area contributed by atoms with Gasteiger partial charge in [0, 0.05) is 37.1 Å². The third-order valence-electron chi connectivity index (χ3n) is 5.64. The summed E-state index contributed by atoms with van der Waals surface area (Å²) in [6.45, 7) is 9.60. The minimum atomic E-state index is -0.497. The molecule has 6 nitrogen and oxygen atoms in total. The van der Waals surface area contributed by atoms with Gasteiger partial charge in [0.05, 0.1) is 6.42 Å². The van der Waals surface area contributed by atoms with Crippen molar-refractivity contribution >= 4 is 12.0 Å². The molecule has 1 saturated heterocycles. The molecule has 3 rings (SSSR count). The van der Waals surface area contributed by atoms with E-state index in [1.165, 1.54) is 24.1 Å². The fourth-order valence-corrected chi connectivity index (χ4v) is 4.17. The van der Waals surface area contributed by atoms with Gasteiger partial charge >= 0.3 is 12.0 Å². The van der Waals surface area contributed by atoms with Crippen LogP contribution in [0, 0.1) is 0 Å². The maximum atomic E-state index is 12.7. The lowest BCUT2D eigenvalue weighted by Crippen LogP contribution is -2.40. The zero-order valence-corrected chi connectivity index (χ0v) is 18.4. The molecule has 0 aromatic carbocycles. The smallest absolute Gasteiger partial charge is 0.320 e. The van der Waals surface area contributed by atoms with Gasteiger partial charge in [-0.25, -0.2) is 4.79 Å². The summed E-state index contributed by atoms with van der Waals surface area (Å²) in [6.07, 6.45) is 6.80. The number of aromatic nitrogens is 1. The lowest BCUT2D eigenvalue weighted by atomic mass is 9.95. The average Bonchev–Trinajstić information content (AvgIpc) is 3.01. The van der Waals surface area contributed by atoms with E-state index in [1.54, 1.807) is 4.90 Å². The van der Waals surface area contributed by atoms with E-state index in [2.05, 4.69) is 12.1 Å². The van der Waals surface area contributed by atoms with E-state index in [9.17, 15) is 9.59 Å². The van der Waals surface area contributed by atoms with E-state index >= 15 is 0 Å². The summed E-state index contributed by atoms with van der Waals surface area (Å²) in [5, 5.41) is 0. The Bertz CT molecular complexity index is 741. The molecule has 29 heavy (non-hydrogen) atoms. The zero-order chi connectivity index (χ0) is 21.0. The van der Waals surface area contributed by atoms with Crippen LogP contribution in [0.15, 0.2) is 12.1 Å². The second-order valence-corrected chi connectivity index (χ2v) is 9.32. The van der Waals surface area contributed by atoms with Crippen molar-refractivity contribution in [1.82, 2.24) is 14.8 Å². The highest BCUT2D eigenvalue weighted by atomic mass is 16.6. The summed E-state index contributed by atoms with van der Waals surface area (Å²) in [5.74, 6) is -0.255. The van der Waals surface area contributed by atoms with Crippen molar-refractivity contribution in [2.75, 3.05) is 19.6 Å². The molecule has 2 amide bonds. The van der Waals surface area contributed by atoms with Crippen LogP contribution in [-0.2, 0) is 28.8 Å². The summed E-state index contributed by atoms with van der Waals surface area (Å²) < 4.78 is 5.39. The predicted molar refractivity (Wildman–Crippen MR) is 113 cm³/mol. The van der Waals surface area contributed by atoms with Crippen LogP contribution in [0.4, 0.5) is 4.79 Å². The highest BCUT2D eigenvalue weighted by Gasteiger charge is 2.33. The highest BCUT2D eigenvalue weighted by molar-refractivity contribution is 5.78. The van der Waals surface area contributed by atoms with Gasteiger partial charge in [-0.2, -0.15) is 0 Å². The molecule has 0 N–H and O–H groups in total. The molecule has 0 saturated carbocycles. The number of ether oxygens (including phenoxy) is 1. The number of fused-ring (bicyclic) bond motifs is 1. The number of aryl methyl sites for hydroxylation is 3. The molecular weight excluding hydrogens is 366 g/mol. The van der Waals surface area contributed by atoms with E-state index in [0.717, 1.165) is 44.5 Å². The largest absolute Gasteiger partial charge is 0.460 e. The quantitative estimate of drug-likeness (QED) is 0.653. The Balaban J connectivity index is 1.44. The van der Waals surface area contributed by atoms with Crippen molar-refractivity contribution in [3.8, 4) is 0 Å². The van der Waals surface area contributed by atoms with Gasteiger partial charge in [-0.3, -0.25) is 9.78 Å². The lowest BCUT2D eigenvalue weighted by molar-refractivity contribution is -0.155. The van der Waals surface area contributed by atoms with Gasteiger partial charge < -0.3 is 14.5 Å². The van der Waals surface area contributed by atoms with Crippen molar-refractivity contribution in [2.24, 2.45) is 0 Å². The molecule has 0 unspecified atom stereocenters. The van der Waals surface area contributed by atoms with E-state index in [4.69, 9.17) is 9.72 Å². The first-order valence-electron chi connectivity index (χ1n) is 11.0. The Kier molecular flexibility index (Phi) is 6.81. The average molecular weight is 402 g/mol. The number of esters is 1. The highest BCUT2D eigenvalue weighted by Crippen LogP contribution is 2.21. The van der Waals surface area contributed by atoms with Crippen molar-refractivity contribution < 1.29 is 14.3 Å². The van der Waals surface area contributed by atoms with Crippen LogP contribution < -0.4 is 0 Å². The van der Waals surface area contributed by atoms with Crippen molar-refractivity contribution in [1.29, 1.82) is 0 Å². The van der Waals surface area contributed by atoms with Gasteiger partial charge in [-0.1, -0.05) is 6.07 Å². The zero-order valence-electron chi connectivity index (χ0n) is 18.4. The molecule has 1 aromatic rings. The summed E-state index contributed by atoms with van der Waals surface area (Å²) in [7, 11) is 0. The third kappa shape index (κ3) is 5.94. The second kappa shape index (κ2) is 9.14. The molecule has 6 heteroatoms. The van der Waals surface area contributed by atoms with Gasteiger partial charge in [0.15, 0.2) is 0 Å². The van der Waals surface area contributed by atoms with Crippen LogP contribution >= 0.6 is 0 Å². The number of pyridine rings is 1. The Morgan fingerprint density at radius 3 is 2.72 bits per heavy atom. The number of rotatable bonds is 7. The number of hydrogen-bond acceptors (Lipinski definition) is 4. The molecule has 1 aliphatic heterocycles. The Labute approximate surface area is 174 Å². The normalized spacial score (nSPS) is 18.0. The molecular formula is C23H35N3O3. The van der Waals surface area contributed by atoms with Crippen molar-refractivity contribution in [3.63, 3.8) is 0 Å². The standard InChI is InChI=1S/C23H35N3O3/c1-17(16-21(27)29-23(2,3)4)26-15-14-25(22(26)28)13-7-9-19-12-11-18-8-5-6-10-20(18)24-19/h11-12,17H,5-10,13-16H2,1-4H3/t17-/m1/s1. The first-order valence-corrected chi connectivity index (χ1v) is 11.0. The molecule has 1 fully saturated rings. The minimum absolute atomic E-state index is 0.0273. The third-order valence-corrected chi connectivity index (χ3v) is 5.64. The molecule has 2 aliphatic rings. The maximum absolute atomic E-state index is 12.7. The topological polar surface area (TPSA) is 62.7 Å². The van der Waals surface area contributed by atoms with Crippen LogP contribution in [0.2, 0.25) is 0 Å². The van der Waals surface area contributed by atoms with Gasteiger partial charge in [0.2, 0.25) is 0 Å². The number of hydrogen-bond donors (Lipinski definition) is 0. The SMILES string of the molecule is C[C@H](CC(=O)OC(C)(C)C)N1CCN(CCCc2ccc3c(n2)CCCC3)C1=O. The van der Waals surface area contributed by atoms with Gasteiger partial charge in [-0.15, -0.1) is 0 Å². The maximum Gasteiger partial charge on any atom is 0.320 e. The minimum Gasteiger partial charge on any atom is -0.460 e. The van der Waals surface area contributed by atoms with Gasteiger partial charge in [0.1, 0.15) is 5.60 Å². The second-order valence-electron chi connectivity index (χ2n) is 9.32. The van der Waals surface area contributed by atoms with Crippen LogP contribution in [0.25, 0.3) is 0 Å². The number of nitrogens with zero attached hydrogens (tertiary/aromatic N) is 3. The Morgan fingerprint density at radius 1 is 1.21 bits per heavy atom. The predicted octanol–water partition coefficient (Wildman–Crippen LogP) is 3.75. The van der Waals surface area contributed by atoms with Crippen LogP contribution in [-0.4, -0.2) is 58.1 Å². The van der Waals surface area contributed by atoms with E-state index in [-0.39, 0.29) is 24.5 Å². The van der Waals surface area contributed by atoms with Crippen LogP contribution in [0.5, 0.6) is 0 Å². The van der Waals surface area contributed by atoms with Crippen molar-refractivity contribution in [3.05, 3.63) is 29.1 Å². The summed E-state index contributed by atoms with van der Waals surface area (Å²) in [6, 6.07) is 4.26. The number of amides is 2. The molecule has 160 valence electrons. The molecule has 1 aliphatic carbocycles. The fourth-order valence-electron chi connectivity index (χ4n) is 4.17. The van der Waals surface area contributed by atoms with Gasteiger partial charge in [0.25, 0.3) is 0 Å². The van der Waals surface area contributed by atoms with E-state index in [0.29, 0.717) is 6.54 Å². The molecule has 1 aromatic heterocycles. The van der Waals surface area contributed by atoms with Crippen LogP contribution in [0.1, 0.15) is 70.3 Å². The Hall–Kier alpha value is -2.11. The lowest BCUT2D eigenvalue weighted by Gasteiger charge is -2.26. The summed E-state index contributed by atoms with van der Waals surface area (Å²) >= 11 is 0. The van der Waals surface area contributed by atoms with Gasteiger partial charge in [-0.05, 0) is 77.8 Å². The van der Waals surface area contributed by atoms with E-state index < -0.39 is 5.60 Å². The first kappa shape index (κ1) is 21.6. The summed E-state index contributed by atoms with van der Waals surface area (Å²) in [5.41, 5.74) is 3.31. The molecule has 0 spiro atoms. The summed E-state index contributed by atoms with van der Waals surface area (Å²) in [4.78, 5) is 33.3. The number of carbonyl (C=O) groups is 2. The molecule has 0 radical (unpaired) electrons. The van der Waals surface area contributed by atoms with Crippen LogP contribution in [0.3, 0.4) is 0 Å². The number of urea groups is 1. The monoisotopic (exact) mass is 401 g/mol. The van der Waals surface area contributed by atoms with E-state index in [1.807, 2.05) is 32.6 Å². The molecule has 0 bridgehead atoms. The number of carbonyl (C=O) groups excluding carboxylic acids is 2. The molecule has 2 heterocycles. The molecule has 1 atom stereocenters.